The summed E-state index contributed by atoms with van der Waals surface area (Å²) in [6.07, 6.45) is 7.42. The molecule has 0 radical (unpaired) electrons. The lowest BCUT2D eigenvalue weighted by atomic mass is 9.60. The lowest BCUT2D eigenvalue weighted by molar-refractivity contribution is 0.0581. The van der Waals surface area contributed by atoms with Crippen LogP contribution in [0.15, 0.2) is 73.3 Å². The maximum absolute atomic E-state index is 13.6. The number of halogens is 1. The van der Waals surface area contributed by atoms with E-state index in [0.29, 0.717) is 36.0 Å². The molecule has 2 unspecified atom stereocenters. The summed E-state index contributed by atoms with van der Waals surface area (Å²) in [6, 6.07) is 12.2. The number of nitrogens with zero attached hydrogens (tertiary/aromatic N) is 4. The second kappa shape index (κ2) is 11.5. The summed E-state index contributed by atoms with van der Waals surface area (Å²) >= 11 is 0. The predicted octanol–water partition coefficient (Wildman–Crippen LogP) is 6.94. The monoisotopic (exact) mass is 488 g/mol. The van der Waals surface area contributed by atoms with Crippen LogP contribution in [0.2, 0.25) is 0 Å². The van der Waals surface area contributed by atoms with Gasteiger partial charge in [-0.3, -0.25) is 9.78 Å². The molecule has 0 N–H and O–H groups in total. The number of benzene rings is 1. The number of rotatable bonds is 7. The third-order valence-corrected chi connectivity index (χ3v) is 7.85. The minimum absolute atomic E-state index is 0. The minimum Gasteiger partial charge on any atom is -0.339 e. The Labute approximate surface area is 214 Å². The van der Waals surface area contributed by atoms with Crippen molar-refractivity contribution in [1.29, 1.82) is 0 Å². The van der Waals surface area contributed by atoms with Crippen molar-refractivity contribution in [3.63, 3.8) is 0 Å². The van der Waals surface area contributed by atoms with E-state index < -0.39 is 0 Å². The lowest BCUT2D eigenvalue weighted by Gasteiger charge is -2.48. The first-order valence-electron chi connectivity index (χ1n) is 12.3. The molecule has 1 aliphatic heterocycles. The van der Waals surface area contributed by atoms with Crippen LogP contribution in [0.5, 0.6) is 0 Å². The average molecular weight is 489 g/mol. The van der Waals surface area contributed by atoms with E-state index in [2.05, 4.69) is 42.3 Å². The molecule has 2 atom stereocenters. The number of pyridine rings is 1. The van der Waals surface area contributed by atoms with Gasteiger partial charge in [0.1, 0.15) is 17.8 Å². The van der Waals surface area contributed by atoms with Gasteiger partial charge in [-0.25, -0.2) is 14.4 Å². The summed E-state index contributed by atoms with van der Waals surface area (Å²) in [6.45, 7) is 12.4. The van der Waals surface area contributed by atoms with E-state index in [1.807, 2.05) is 23.1 Å². The summed E-state index contributed by atoms with van der Waals surface area (Å²) in [7, 11) is 0. The van der Waals surface area contributed by atoms with Gasteiger partial charge < -0.3 is 4.90 Å². The molecule has 4 rings (SSSR count). The van der Waals surface area contributed by atoms with Gasteiger partial charge in [-0.05, 0) is 67.0 Å². The van der Waals surface area contributed by atoms with Crippen LogP contribution in [0, 0.1) is 17.2 Å². The Morgan fingerprint density at radius 2 is 1.78 bits per heavy atom. The minimum atomic E-state index is -0.230. The maximum Gasteiger partial charge on any atom is 0.256 e. The van der Waals surface area contributed by atoms with E-state index >= 15 is 0 Å². The Morgan fingerprint density at radius 1 is 1.08 bits per heavy atom. The van der Waals surface area contributed by atoms with Gasteiger partial charge >= 0.3 is 0 Å². The third-order valence-electron chi connectivity index (χ3n) is 7.85. The number of carbonyl (C=O) groups is 1. The number of amides is 1. The van der Waals surface area contributed by atoms with Crippen molar-refractivity contribution in [2.75, 3.05) is 13.1 Å². The highest BCUT2D eigenvalue weighted by atomic mass is 19.1. The number of aromatic nitrogens is 3. The Hall–Kier alpha value is -3.41. The number of hydrogen-bond acceptors (Lipinski definition) is 4. The van der Waals surface area contributed by atoms with Gasteiger partial charge in [0.15, 0.2) is 0 Å². The van der Waals surface area contributed by atoms with Crippen molar-refractivity contribution in [3.05, 3.63) is 90.3 Å². The average Bonchev–Trinajstić information content (AvgIpc) is 2.92. The van der Waals surface area contributed by atoms with Crippen LogP contribution in [0.3, 0.4) is 0 Å². The van der Waals surface area contributed by atoms with E-state index in [-0.39, 0.29) is 30.5 Å². The number of piperidine rings is 1. The number of hydrogen-bond donors (Lipinski definition) is 0. The molecule has 0 saturated carbocycles. The molecule has 1 saturated heterocycles. The van der Waals surface area contributed by atoms with Gasteiger partial charge in [0.2, 0.25) is 0 Å². The van der Waals surface area contributed by atoms with Crippen LogP contribution < -0.4 is 0 Å². The van der Waals surface area contributed by atoms with Gasteiger partial charge in [0.25, 0.3) is 5.91 Å². The highest BCUT2D eigenvalue weighted by molar-refractivity contribution is 5.99. The first-order valence-corrected chi connectivity index (χ1v) is 12.3. The normalized spacial score (nSPS) is 16.5. The van der Waals surface area contributed by atoms with Crippen LogP contribution in [0.25, 0.3) is 11.4 Å². The first kappa shape index (κ1) is 27.2. The second-order valence-corrected chi connectivity index (χ2v) is 9.55. The summed E-state index contributed by atoms with van der Waals surface area (Å²) in [5, 5.41) is 0. The molecule has 1 amide bonds. The van der Waals surface area contributed by atoms with Crippen LogP contribution in [0.1, 0.15) is 69.3 Å². The SMILES string of the molecule is C.C=C(C(C)CC)C1(C(C)c2ccc(F)cc2)CCN(C(=O)c2cccnc2-c2ccncn2)CC1. The molecule has 2 aromatic heterocycles. The first-order chi connectivity index (χ1) is 16.9. The van der Waals surface area contributed by atoms with E-state index in [1.165, 1.54) is 24.0 Å². The topological polar surface area (TPSA) is 59.0 Å². The van der Waals surface area contributed by atoms with E-state index in [0.717, 1.165) is 24.8 Å². The van der Waals surface area contributed by atoms with Crippen molar-refractivity contribution < 1.29 is 9.18 Å². The molecule has 0 spiro atoms. The lowest BCUT2D eigenvalue weighted by Crippen LogP contribution is -2.46. The molecule has 3 aromatic rings. The maximum atomic E-state index is 13.6. The number of likely N-dealkylation sites (tertiary alicyclic amines) is 1. The fourth-order valence-corrected chi connectivity index (χ4v) is 5.33. The molecule has 36 heavy (non-hydrogen) atoms. The molecular formula is C30H37FN4O. The highest BCUT2D eigenvalue weighted by Crippen LogP contribution is 2.52. The molecule has 5 nitrogen and oxygen atoms in total. The summed E-state index contributed by atoms with van der Waals surface area (Å²) in [5.74, 6) is 0.260. The molecule has 3 heterocycles. The standard InChI is InChI=1S/C29H33FN4O.CH4/c1-5-20(2)21(3)29(22(4)23-8-10-24(30)11-9-23)13-17-34(18-14-29)28(35)25-7-6-15-32-27(25)26-12-16-31-19-33-26;/h6-12,15-16,19-20,22H,3,5,13-14,17-18H2,1-2,4H3;1H4. The molecule has 1 fully saturated rings. The van der Waals surface area contributed by atoms with Gasteiger partial charge in [-0.15, -0.1) is 0 Å². The molecule has 0 bridgehead atoms. The molecular weight excluding hydrogens is 451 g/mol. The van der Waals surface area contributed by atoms with Crippen molar-refractivity contribution in [2.24, 2.45) is 11.3 Å². The zero-order chi connectivity index (χ0) is 25.0. The Balaban J connectivity index is 0.00000361. The van der Waals surface area contributed by atoms with Crippen LogP contribution in [-0.2, 0) is 0 Å². The van der Waals surface area contributed by atoms with Crippen molar-refractivity contribution in [2.45, 2.75) is 53.4 Å². The number of allylic oxidation sites excluding steroid dienone is 1. The van der Waals surface area contributed by atoms with Gasteiger partial charge in [0, 0.05) is 30.9 Å². The fourth-order valence-electron chi connectivity index (χ4n) is 5.33. The molecule has 6 heteroatoms. The van der Waals surface area contributed by atoms with Gasteiger partial charge in [-0.1, -0.05) is 52.5 Å². The Kier molecular flexibility index (Phi) is 8.72. The number of carbonyl (C=O) groups excluding carboxylic acids is 1. The predicted molar refractivity (Wildman–Crippen MR) is 143 cm³/mol. The summed E-state index contributed by atoms with van der Waals surface area (Å²) in [4.78, 5) is 28.3. The largest absolute Gasteiger partial charge is 0.339 e. The van der Waals surface area contributed by atoms with Crippen LogP contribution >= 0.6 is 0 Å². The van der Waals surface area contributed by atoms with Crippen LogP contribution in [-0.4, -0.2) is 38.8 Å². The van der Waals surface area contributed by atoms with E-state index in [9.17, 15) is 9.18 Å². The van der Waals surface area contributed by atoms with Gasteiger partial charge in [-0.2, -0.15) is 0 Å². The Morgan fingerprint density at radius 3 is 2.39 bits per heavy atom. The second-order valence-electron chi connectivity index (χ2n) is 9.55. The van der Waals surface area contributed by atoms with Crippen molar-refractivity contribution >= 4 is 5.91 Å². The van der Waals surface area contributed by atoms with Gasteiger partial charge in [0.05, 0.1) is 11.3 Å². The Bertz CT molecular complexity index is 1170. The fraction of sp³-hybridized carbons (Fsp3) is 0.400. The molecule has 1 aromatic carbocycles. The summed E-state index contributed by atoms with van der Waals surface area (Å²) < 4.78 is 13.6. The van der Waals surface area contributed by atoms with Crippen molar-refractivity contribution in [1.82, 2.24) is 19.9 Å². The van der Waals surface area contributed by atoms with E-state index in [4.69, 9.17) is 0 Å². The molecule has 1 aliphatic rings. The smallest absolute Gasteiger partial charge is 0.256 e. The zero-order valence-corrected chi connectivity index (χ0v) is 20.7. The van der Waals surface area contributed by atoms with E-state index in [1.54, 1.807) is 24.5 Å². The zero-order valence-electron chi connectivity index (χ0n) is 20.7. The van der Waals surface area contributed by atoms with Crippen LogP contribution in [0.4, 0.5) is 4.39 Å². The van der Waals surface area contributed by atoms with Crippen molar-refractivity contribution in [3.8, 4) is 11.4 Å². The molecule has 190 valence electrons. The molecule has 0 aliphatic carbocycles. The third kappa shape index (κ3) is 5.23. The summed E-state index contributed by atoms with van der Waals surface area (Å²) in [5.41, 5.74) is 3.92. The highest BCUT2D eigenvalue weighted by Gasteiger charge is 2.44. The quantitative estimate of drug-likeness (QED) is 0.338.